The van der Waals surface area contributed by atoms with Crippen LogP contribution >= 0.6 is 0 Å². The number of hydrogen-bond acceptors (Lipinski definition) is 1. The van der Waals surface area contributed by atoms with Crippen LogP contribution in [0.3, 0.4) is 0 Å². The SMILES string of the molecule is CC(C)CC(C)CCC=O. The van der Waals surface area contributed by atoms with Crippen LogP contribution < -0.4 is 0 Å². The molecule has 0 spiro atoms. The van der Waals surface area contributed by atoms with E-state index in [1.54, 1.807) is 0 Å². The molecule has 0 rings (SSSR count). The zero-order valence-corrected chi connectivity index (χ0v) is 7.26. The lowest BCUT2D eigenvalue weighted by molar-refractivity contribution is -0.108. The van der Waals surface area contributed by atoms with Gasteiger partial charge in [-0.3, -0.25) is 0 Å². The lowest BCUT2D eigenvalue weighted by Crippen LogP contribution is -1.99. The van der Waals surface area contributed by atoms with Crippen molar-refractivity contribution in [1.82, 2.24) is 0 Å². The predicted octanol–water partition coefficient (Wildman–Crippen LogP) is 2.65. The molecule has 0 saturated heterocycles. The standard InChI is InChI=1S/C9H18O/c1-8(2)7-9(3)5-4-6-10/h6,8-9H,4-5,7H2,1-3H3. The molecule has 0 aromatic heterocycles. The molecule has 0 aliphatic rings. The zero-order valence-electron chi connectivity index (χ0n) is 7.26. The van der Waals surface area contributed by atoms with Crippen LogP contribution in [0.15, 0.2) is 0 Å². The van der Waals surface area contributed by atoms with Gasteiger partial charge in [-0.25, -0.2) is 0 Å². The van der Waals surface area contributed by atoms with Gasteiger partial charge in [-0.1, -0.05) is 20.8 Å². The second-order valence-corrected chi connectivity index (χ2v) is 3.48. The Morgan fingerprint density at radius 3 is 2.30 bits per heavy atom. The van der Waals surface area contributed by atoms with Crippen molar-refractivity contribution in [3.05, 3.63) is 0 Å². The Kier molecular flexibility index (Phi) is 5.27. The first-order valence-corrected chi connectivity index (χ1v) is 4.10. The molecule has 0 aliphatic carbocycles. The highest BCUT2D eigenvalue weighted by Gasteiger charge is 2.03. The highest BCUT2D eigenvalue weighted by molar-refractivity contribution is 5.49. The van der Waals surface area contributed by atoms with Gasteiger partial charge in [-0.2, -0.15) is 0 Å². The molecular formula is C9H18O. The monoisotopic (exact) mass is 142 g/mol. The van der Waals surface area contributed by atoms with Gasteiger partial charge in [0, 0.05) is 6.42 Å². The van der Waals surface area contributed by atoms with Gasteiger partial charge >= 0.3 is 0 Å². The largest absolute Gasteiger partial charge is 0.303 e. The smallest absolute Gasteiger partial charge is 0.120 e. The van der Waals surface area contributed by atoms with Crippen LogP contribution in [-0.2, 0) is 4.79 Å². The van der Waals surface area contributed by atoms with Crippen LogP contribution in [-0.4, -0.2) is 6.29 Å². The summed E-state index contributed by atoms with van der Waals surface area (Å²) >= 11 is 0. The van der Waals surface area contributed by atoms with E-state index in [1.165, 1.54) is 6.42 Å². The molecule has 0 aromatic rings. The molecule has 0 aromatic carbocycles. The van der Waals surface area contributed by atoms with Crippen molar-refractivity contribution in [2.24, 2.45) is 11.8 Å². The number of carbonyl (C=O) groups excluding carboxylic acids is 1. The Morgan fingerprint density at radius 2 is 1.90 bits per heavy atom. The third kappa shape index (κ3) is 5.80. The average Bonchev–Trinajstić information content (AvgIpc) is 1.82. The molecule has 0 amide bonds. The minimum Gasteiger partial charge on any atom is -0.303 e. The molecule has 10 heavy (non-hydrogen) atoms. The molecule has 0 aliphatic heterocycles. The zero-order chi connectivity index (χ0) is 7.98. The summed E-state index contributed by atoms with van der Waals surface area (Å²) in [5, 5.41) is 0. The summed E-state index contributed by atoms with van der Waals surface area (Å²) in [5.74, 6) is 1.48. The van der Waals surface area contributed by atoms with Gasteiger partial charge in [-0.05, 0) is 24.7 Å². The Bertz CT molecular complexity index is 86.7. The summed E-state index contributed by atoms with van der Waals surface area (Å²) in [6.45, 7) is 6.65. The Balaban J connectivity index is 3.24. The van der Waals surface area contributed by atoms with E-state index in [9.17, 15) is 4.79 Å². The minimum atomic E-state index is 0.713. The first kappa shape index (κ1) is 9.67. The summed E-state index contributed by atoms with van der Waals surface area (Å²) in [7, 11) is 0. The summed E-state index contributed by atoms with van der Waals surface area (Å²) in [5.41, 5.74) is 0. The molecule has 0 radical (unpaired) electrons. The molecule has 60 valence electrons. The van der Waals surface area contributed by atoms with Crippen LogP contribution in [0.4, 0.5) is 0 Å². The van der Waals surface area contributed by atoms with Gasteiger partial charge in [0.1, 0.15) is 6.29 Å². The first-order valence-electron chi connectivity index (χ1n) is 4.10. The minimum absolute atomic E-state index is 0.713. The fraction of sp³-hybridized carbons (Fsp3) is 0.889. The highest BCUT2D eigenvalue weighted by atomic mass is 16.1. The van der Waals surface area contributed by atoms with Crippen molar-refractivity contribution in [2.75, 3.05) is 0 Å². The number of aldehydes is 1. The molecule has 1 nitrogen and oxygen atoms in total. The van der Waals surface area contributed by atoms with Crippen molar-refractivity contribution in [1.29, 1.82) is 0 Å². The second-order valence-electron chi connectivity index (χ2n) is 3.48. The molecule has 0 saturated carbocycles. The van der Waals surface area contributed by atoms with Crippen molar-refractivity contribution < 1.29 is 4.79 Å². The van der Waals surface area contributed by atoms with Crippen molar-refractivity contribution in [2.45, 2.75) is 40.0 Å². The molecule has 0 N–H and O–H groups in total. The fourth-order valence-corrected chi connectivity index (χ4v) is 1.28. The normalized spacial score (nSPS) is 13.6. The van der Waals surface area contributed by atoms with E-state index >= 15 is 0 Å². The van der Waals surface area contributed by atoms with Crippen molar-refractivity contribution in [3.63, 3.8) is 0 Å². The van der Waals surface area contributed by atoms with Crippen LogP contribution in [0.1, 0.15) is 40.0 Å². The predicted molar refractivity (Wildman–Crippen MR) is 43.9 cm³/mol. The number of rotatable bonds is 5. The molecular weight excluding hydrogens is 124 g/mol. The third-order valence-electron chi connectivity index (χ3n) is 1.65. The number of hydrogen-bond donors (Lipinski definition) is 0. The third-order valence-corrected chi connectivity index (χ3v) is 1.65. The van der Waals surface area contributed by atoms with Crippen LogP contribution in [0, 0.1) is 11.8 Å². The van der Waals surface area contributed by atoms with Crippen LogP contribution in [0.2, 0.25) is 0 Å². The van der Waals surface area contributed by atoms with Crippen molar-refractivity contribution in [3.8, 4) is 0 Å². The van der Waals surface area contributed by atoms with Gasteiger partial charge in [-0.15, -0.1) is 0 Å². The fourth-order valence-electron chi connectivity index (χ4n) is 1.28. The summed E-state index contributed by atoms with van der Waals surface area (Å²) in [6, 6.07) is 0. The van der Waals surface area contributed by atoms with E-state index in [0.29, 0.717) is 5.92 Å². The van der Waals surface area contributed by atoms with E-state index in [2.05, 4.69) is 20.8 Å². The van der Waals surface area contributed by atoms with Gasteiger partial charge in [0.05, 0.1) is 0 Å². The maximum absolute atomic E-state index is 10.00. The first-order chi connectivity index (χ1) is 4.66. The van der Waals surface area contributed by atoms with Crippen LogP contribution in [0.5, 0.6) is 0 Å². The highest BCUT2D eigenvalue weighted by Crippen LogP contribution is 2.14. The molecule has 1 atom stereocenters. The maximum atomic E-state index is 10.00. The summed E-state index contributed by atoms with van der Waals surface area (Å²) < 4.78 is 0. The Hall–Kier alpha value is -0.330. The van der Waals surface area contributed by atoms with E-state index in [1.807, 2.05) is 0 Å². The Morgan fingerprint density at radius 1 is 1.30 bits per heavy atom. The average molecular weight is 142 g/mol. The van der Waals surface area contributed by atoms with Gasteiger partial charge < -0.3 is 4.79 Å². The summed E-state index contributed by atoms with van der Waals surface area (Å²) in [6.07, 6.45) is 4.04. The Labute approximate surface area is 63.8 Å². The molecule has 0 fully saturated rings. The molecule has 0 bridgehead atoms. The van der Waals surface area contributed by atoms with E-state index in [4.69, 9.17) is 0 Å². The second kappa shape index (κ2) is 5.45. The van der Waals surface area contributed by atoms with Crippen LogP contribution in [0.25, 0.3) is 0 Å². The van der Waals surface area contributed by atoms with E-state index in [-0.39, 0.29) is 0 Å². The van der Waals surface area contributed by atoms with E-state index in [0.717, 1.165) is 25.0 Å². The topological polar surface area (TPSA) is 17.1 Å². The lowest BCUT2D eigenvalue weighted by Gasteiger charge is -2.11. The quantitative estimate of drug-likeness (QED) is 0.539. The van der Waals surface area contributed by atoms with Gasteiger partial charge in [0.25, 0.3) is 0 Å². The lowest BCUT2D eigenvalue weighted by atomic mass is 9.95. The molecule has 1 heteroatoms. The van der Waals surface area contributed by atoms with E-state index < -0.39 is 0 Å². The van der Waals surface area contributed by atoms with Gasteiger partial charge in [0.2, 0.25) is 0 Å². The molecule has 0 heterocycles. The van der Waals surface area contributed by atoms with Gasteiger partial charge in [0.15, 0.2) is 0 Å². The maximum Gasteiger partial charge on any atom is 0.120 e. The summed E-state index contributed by atoms with van der Waals surface area (Å²) in [4.78, 5) is 10.00. The van der Waals surface area contributed by atoms with Crippen molar-refractivity contribution >= 4 is 6.29 Å². The number of carbonyl (C=O) groups is 1. The molecule has 1 unspecified atom stereocenters.